The highest BCUT2D eigenvalue weighted by molar-refractivity contribution is 14.0. The Morgan fingerprint density at radius 2 is 1.94 bits per heavy atom. The van der Waals surface area contributed by atoms with Gasteiger partial charge in [-0.2, -0.15) is 0 Å². The lowest BCUT2D eigenvalue weighted by molar-refractivity contribution is -0.117. The van der Waals surface area contributed by atoms with Crippen LogP contribution in [0.5, 0.6) is 0 Å². The number of nitrogens with two attached hydrogens (primary N) is 2. The van der Waals surface area contributed by atoms with Gasteiger partial charge in [-0.3, -0.25) is 0 Å². The van der Waals surface area contributed by atoms with Gasteiger partial charge in [-0.25, -0.2) is 4.99 Å². The van der Waals surface area contributed by atoms with Gasteiger partial charge in [0, 0.05) is 17.9 Å². The van der Waals surface area contributed by atoms with Crippen LogP contribution >= 0.6 is 24.0 Å². The minimum absolute atomic E-state index is 0. The Labute approximate surface area is 113 Å². The van der Waals surface area contributed by atoms with Crippen LogP contribution in [-0.4, -0.2) is 24.7 Å². The van der Waals surface area contributed by atoms with Crippen LogP contribution in [0.4, 0.5) is 0 Å². The molecule has 2 saturated carbocycles. The van der Waals surface area contributed by atoms with Gasteiger partial charge in [0.2, 0.25) is 0 Å². The molecule has 3 fully saturated rings. The molecule has 2 aliphatic carbocycles. The molecular formula is C11H20IN3O. The van der Waals surface area contributed by atoms with Crippen LogP contribution in [0.15, 0.2) is 4.99 Å². The van der Waals surface area contributed by atoms with E-state index >= 15 is 0 Å². The maximum Gasteiger partial charge on any atom is 0.186 e. The zero-order chi connectivity index (χ0) is 10.5. The third-order valence-corrected chi connectivity index (χ3v) is 4.52. The standard InChI is InChI=1S/C11H19N3O.HI/c12-10(13)14-8-7-3-6-15-9(7)11(8)4-1-2-5-11;/h7-9H,1-6H2,(H4,12,13,14);1H. The summed E-state index contributed by atoms with van der Waals surface area (Å²) in [5.74, 6) is 0.835. The highest BCUT2D eigenvalue weighted by atomic mass is 127. The van der Waals surface area contributed by atoms with Crippen LogP contribution in [0.2, 0.25) is 0 Å². The number of rotatable bonds is 1. The number of hydrogen-bond acceptors (Lipinski definition) is 2. The van der Waals surface area contributed by atoms with E-state index in [1.807, 2.05) is 0 Å². The fourth-order valence-electron chi connectivity index (χ4n) is 4.00. The largest absolute Gasteiger partial charge is 0.377 e. The summed E-state index contributed by atoms with van der Waals surface area (Å²) >= 11 is 0. The predicted molar refractivity (Wildman–Crippen MR) is 73.8 cm³/mol. The molecule has 0 aromatic heterocycles. The van der Waals surface area contributed by atoms with Crippen molar-refractivity contribution in [2.75, 3.05) is 6.61 Å². The fourth-order valence-corrected chi connectivity index (χ4v) is 4.00. The van der Waals surface area contributed by atoms with Gasteiger partial charge in [-0.15, -0.1) is 24.0 Å². The van der Waals surface area contributed by atoms with E-state index in [4.69, 9.17) is 16.2 Å². The van der Waals surface area contributed by atoms with Gasteiger partial charge in [0.15, 0.2) is 5.96 Å². The van der Waals surface area contributed by atoms with Crippen molar-refractivity contribution < 1.29 is 4.74 Å². The third kappa shape index (κ3) is 1.54. The Bertz CT molecular complexity index is 298. The summed E-state index contributed by atoms with van der Waals surface area (Å²) in [6.45, 7) is 0.896. The molecule has 3 unspecified atom stereocenters. The topological polar surface area (TPSA) is 73.6 Å². The molecule has 3 atom stereocenters. The average molecular weight is 337 g/mol. The van der Waals surface area contributed by atoms with Crippen LogP contribution in [-0.2, 0) is 4.74 Å². The summed E-state index contributed by atoms with van der Waals surface area (Å²) in [5.41, 5.74) is 11.3. The van der Waals surface area contributed by atoms with Gasteiger partial charge in [0.05, 0.1) is 12.1 Å². The highest BCUT2D eigenvalue weighted by Crippen LogP contribution is 2.61. The summed E-state index contributed by atoms with van der Waals surface area (Å²) in [4.78, 5) is 4.45. The van der Waals surface area contributed by atoms with Crippen LogP contribution in [0.25, 0.3) is 0 Å². The Balaban J connectivity index is 0.000000963. The number of hydrogen-bond donors (Lipinski definition) is 2. The Hall–Kier alpha value is -0.0400. The lowest BCUT2D eigenvalue weighted by Crippen LogP contribution is -2.61. The van der Waals surface area contributed by atoms with E-state index in [9.17, 15) is 0 Å². The first kappa shape index (κ1) is 12.4. The second-order valence-corrected chi connectivity index (χ2v) is 5.18. The molecule has 4 nitrogen and oxygen atoms in total. The van der Waals surface area contributed by atoms with E-state index in [1.165, 1.54) is 25.7 Å². The smallest absolute Gasteiger partial charge is 0.186 e. The summed E-state index contributed by atoms with van der Waals surface area (Å²) < 4.78 is 5.85. The summed E-state index contributed by atoms with van der Waals surface area (Å²) in [7, 11) is 0. The van der Waals surface area contributed by atoms with Crippen LogP contribution in [0.1, 0.15) is 32.1 Å². The molecule has 1 spiro atoms. The normalized spacial score (nSPS) is 38.6. The Kier molecular flexibility index (Phi) is 3.36. The van der Waals surface area contributed by atoms with E-state index in [0.717, 1.165) is 13.0 Å². The summed E-state index contributed by atoms with van der Waals surface area (Å²) in [5, 5.41) is 0. The summed E-state index contributed by atoms with van der Waals surface area (Å²) in [6, 6.07) is 0.345. The molecule has 5 heteroatoms. The Morgan fingerprint density at radius 1 is 1.25 bits per heavy atom. The molecular weight excluding hydrogens is 317 g/mol. The quantitative estimate of drug-likeness (QED) is 0.429. The van der Waals surface area contributed by atoms with E-state index in [1.54, 1.807) is 0 Å². The maximum absolute atomic E-state index is 5.85. The average Bonchev–Trinajstić information content (AvgIpc) is 2.82. The molecule has 0 aromatic carbocycles. The number of nitrogens with zero attached hydrogens (tertiary/aromatic N) is 1. The van der Waals surface area contributed by atoms with Crippen molar-refractivity contribution in [3.63, 3.8) is 0 Å². The summed E-state index contributed by atoms with van der Waals surface area (Å²) in [6.07, 6.45) is 6.69. The van der Waals surface area contributed by atoms with Crippen LogP contribution in [0.3, 0.4) is 0 Å². The maximum atomic E-state index is 5.85. The monoisotopic (exact) mass is 337 g/mol. The van der Waals surface area contributed by atoms with Gasteiger partial charge in [-0.1, -0.05) is 12.8 Å². The van der Waals surface area contributed by atoms with Gasteiger partial charge in [0.25, 0.3) is 0 Å². The fraction of sp³-hybridized carbons (Fsp3) is 0.909. The van der Waals surface area contributed by atoms with Crippen molar-refractivity contribution in [1.82, 2.24) is 0 Å². The van der Waals surface area contributed by atoms with Gasteiger partial charge >= 0.3 is 0 Å². The number of fused-ring (bicyclic) bond motifs is 2. The van der Waals surface area contributed by atoms with Gasteiger partial charge in [-0.05, 0) is 19.3 Å². The molecule has 16 heavy (non-hydrogen) atoms. The zero-order valence-electron chi connectivity index (χ0n) is 9.39. The first-order valence-corrected chi connectivity index (χ1v) is 5.94. The highest BCUT2D eigenvalue weighted by Gasteiger charge is 2.65. The SMILES string of the molecule is I.NC(N)=NC1C2CCOC2C12CCCC2. The molecule has 0 bridgehead atoms. The second kappa shape index (κ2) is 4.33. The first-order chi connectivity index (χ1) is 7.24. The van der Waals surface area contributed by atoms with Crippen molar-refractivity contribution >= 4 is 29.9 Å². The van der Waals surface area contributed by atoms with Crippen LogP contribution in [0, 0.1) is 11.3 Å². The van der Waals surface area contributed by atoms with E-state index in [-0.39, 0.29) is 29.9 Å². The number of aliphatic imine (C=N–C) groups is 1. The lowest BCUT2D eigenvalue weighted by atomic mass is 9.54. The number of ether oxygens (including phenoxy) is 1. The minimum atomic E-state index is 0. The number of guanidine groups is 1. The lowest BCUT2D eigenvalue weighted by Gasteiger charge is -2.54. The molecule has 0 radical (unpaired) electrons. The van der Waals surface area contributed by atoms with Crippen molar-refractivity contribution in [3.05, 3.63) is 0 Å². The molecule has 0 amide bonds. The van der Waals surface area contributed by atoms with Crippen molar-refractivity contribution in [1.29, 1.82) is 0 Å². The third-order valence-electron chi connectivity index (χ3n) is 4.52. The van der Waals surface area contributed by atoms with Crippen molar-refractivity contribution in [2.24, 2.45) is 27.8 Å². The van der Waals surface area contributed by atoms with E-state index in [0.29, 0.717) is 23.5 Å². The minimum Gasteiger partial charge on any atom is -0.377 e. The van der Waals surface area contributed by atoms with E-state index < -0.39 is 0 Å². The first-order valence-electron chi connectivity index (χ1n) is 5.94. The number of halogens is 1. The molecule has 3 rings (SSSR count). The second-order valence-electron chi connectivity index (χ2n) is 5.18. The van der Waals surface area contributed by atoms with Crippen molar-refractivity contribution in [3.8, 4) is 0 Å². The molecule has 92 valence electrons. The van der Waals surface area contributed by atoms with E-state index in [2.05, 4.69) is 4.99 Å². The molecule has 4 N–H and O–H groups in total. The van der Waals surface area contributed by atoms with Gasteiger partial charge < -0.3 is 16.2 Å². The van der Waals surface area contributed by atoms with Crippen LogP contribution < -0.4 is 11.5 Å². The van der Waals surface area contributed by atoms with Gasteiger partial charge in [0.1, 0.15) is 0 Å². The molecule has 1 aliphatic heterocycles. The molecule has 1 heterocycles. The predicted octanol–water partition coefficient (Wildman–Crippen LogP) is 1.23. The van der Waals surface area contributed by atoms with Crippen molar-refractivity contribution in [2.45, 2.75) is 44.2 Å². The molecule has 3 aliphatic rings. The molecule has 1 saturated heterocycles. The Morgan fingerprint density at radius 3 is 2.56 bits per heavy atom. The molecule has 0 aromatic rings. The zero-order valence-corrected chi connectivity index (χ0v) is 11.7.